The predicted molar refractivity (Wildman–Crippen MR) is 112 cm³/mol. The molecule has 0 unspecified atom stereocenters. The number of hydrogen-bond donors (Lipinski definition) is 3. The summed E-state index contributed by atoms with van der Waals surface area (Å²) in [6.45, 7) is 3.45. The molecule has 0 aliphatic carbocycles. The first-order valence-corrected chi connectivity index (χ1v) is 10.1. The van der Waals surface area contributed by atoms with Crippen molar-refractivity contribution < 1.29 is 18.0 Å². The highest BCUT2D eigenvalue weighted by Gasteiger charge is 2.34. The summed E-state index contributed by atoms with van der Waals surface area (Å²) in [5.41, 5.74) is 1.55. The Kier molecular flexibility index (Phi) is 5.71. The SMILES string of the molecule is CC1CCN(c2nc(C(F)(F)F)ccc2CNC(=O)Nc2cccc3[nH]cnc23)CC1. The second-order valence-electron chi connectivity index (χ2n) is 7.76. The number of alkyl halides is 3. The van der Waals surface area contributed by atoms with Gasteiger partial charge in [0.2, 0.25) is 0 Å². The van der Waals surface area contributed by atoms with Crippen molar-refractivity contribution >= 4 is 28.6 Å². The van der Waals surface area contributed by atoms with Gasteiger partial charge in [0.25, 0.3) is 0 Å². The standard InChI is InChI=1S/C21H23F3N6O/c1-13-7-9-30(10-8-13)19-14(5-6-17(29-19)21(22,23)24)11-25-20(31)28-16-4-2-3-15-18(16)27-12-26-15/h2-6,12-13H,7-11H2,1H3,(H,26,27)(H2,25,28,31). The summed E-state index contributed by atoms with van der Waals surface area (Å²) in [6.07, 6.45) is -1.21. The highest BCUT2D eigenvalue weighted by molar-refractivity contribution is 5.98. The quantitative estimate of drug-likeness (QED) is 0.565. The second-order valence-corrected chi connectivity index (χ2v) is 7.76. The van der Waals surface area contributed by atoms with Crippen molar-refractivity contribution in [2.24, 2.45) is 5.92 Å². The maximum atomic E-state index is 13.2. The van der Waals surface area contributed by atoms with E-state index in [1.807, 2.05) is 11.0 Å². The molecule has 7 nitrogen and oxygen atoms in total. The third kappa shape index (κ3) is 4.73. The molecule has 31 heavy (non-hydrogen) atoms. The van der Waals surface area contributed by atoms with E-state index in [0.717, 1.165) is 24.4 Å². The highest BCUT2D eigenvalue weighted by atomic mass is 19.4. The fourth-order valence-corrected chi connectivity index (χ4v) is 3.68. The van der Waals surface area contributed by atoms with Gasteiger partial charge in [-0.15, -0.1) is 0 Å². The van der Waals surface area contributed by atoms with Gasteiger partial charge in [-0.1, -0.05) is 19.1 Å². The van der Waals surface area contributed by atoms with Gasteiger partial charge in [0.05, 0.1) is 17.5 Å². The van der Waals surface area contributed by atoms with Crippen LogP contribution in [-0.2, 0) is 12.7 Å². The first-order valence-electron chi connectivity index (χ1n) is 10.1. The molecule has 3 aromatic rings. The van der Waals surface area contributed by atoms with Crippen LogP contribution >= 0.6 is 0 Å². The number of piperidine rings is 1. The number of nitrogens with one attached hydrogen (secondary N) is 3. The predicted octanol–water partition coefficient (Wildman–Crippen LogP) is 4.53. The molecule has 1 fully saturated rings. The number of benzene rings is 1. The normalized spacial score (nSPS) is 15.3. The van der Waals surface area contributed by atoms with Crippen molar-refractivity contribution in [1.29, 1.82) is 0 Å². The van der Waals surface area contributed by atoms with Gasteiger partial charge in [-0.3, -0.25) is 0 Å². The third-order valence-corrected chi connectivity index (χ3v) is 5.47. The molecule has 0 radical (unpaired) electrons. The molecule has 1 saturated heterocycles. The Labute approximate surface area is 177 Å². The molecule has 0 bridgehead atoms. The smallest absolute Gasteiger partial charge is 0.356 e. The Morgan fingerprint density at radius 3 is 2.74 bits per heavy atom. The lowest BCUT2D eigenvalue weighted by Crippen LogP contribution is -2.35. The van der Waals surface area contributed by atoms with Gasteiger partial charge >= 0.3 is 12.2 Å². The Morgan fingerprint density at radius 1 is 1.23 bits per heavy atom. The number of nitrogens with zero attached hydrogens (tertiary/aromatic N) is 3. The number of H-pyrrole nitrogens is 1. The summed E-state index contributed by atoms with van der Waals surface area (Å²) in [6, 6.07) is 7.21. The molecule has 0 atom stereocenters. The van der Waals surface area contributed by atoms with Crippen LogP contribution in [0.15, 0.2) is 36.7 Å². The number of fused-ring (bicyclic) bond motifs is 1. The maximum absolute atomic E-state index is 13.2. The van der Waals surface area contributed by atoms with Gasteiger partial charge in [0.1, 0.15) is 17.0 Å². The lowest BCUT2D eigenvalue weighted by Gasteiger charge is -2.33. The lowest BCUT2D eigenvalue weighted by atomic mass is 9.99. The monoisotopic (exact) mass is 432 g/mol. The molecule has 2 amide bonds. The van der Waals surface area contributed by atoms with E-state index in [4.69, 9.17) is 0 Å². The van der Waals surface area contributed by atoms with Crippen LogP contribution in [0.3, 0.4) is 0 Å². The summed E-state index contributed by atoms with van der Waals surface area (Å²) in [5, 5.41) is 5.45. The van der Waals surface area contributed by atoms with Crippen molar-refractivity contribution in [3.63, 3.8) is 0 Å². The average Bonchev–Trinajstić information content (AvgIpc) is 3.22. The summed E-state index contributed by atoms with van der Waals surface area (Å²) in [4.78, 5) is 25.4. The molecule has 3 N–H and O–H groups in total. The minimum Gasteiger partial charge on any atom is -0.356 e. The van der Waals surface area contributed by atoms with E-state index in [2.05, 4.69) is 32.5 Å². The number of aromatic nitrogens is 3. The molecule has 1 aromatic carbocycles. The third-order valence-electron chi connectivity index (χ3n) is 5.47. The van der Waals surface area contributed by atoms with E-state index in [0.29, 0.717) is 35.8 Å². The molecule has 10 heteroatoms. The molecule has 1 aliphatic heterocycles. The molecule has 164 valence electrons. The minimum atomic E-state index is -4.52. The summed E-state index contributed by atoms with van der Waals surface area (Å²) < 4.78 is 39.7. The summed E-state index contributed by atoms with van der Waals surface area (Å²) in [7, 11) is 0. The number of aromatic amines is 1. The van der Waals surface area contributed by atoms with Crippen LogP contribution in [0.4, 0.5) is 29.5 Å². The molecule has 2 aromatic heterocycles. The zero-order chi connectivity index (χ0) is 22.0. The number of anilines is 2. The lowest BCUT2D eigenvalue weighted by molar-refractivity contribution is -0.141. The van der Waals surface area contributed by atoms with E-state index in [1.165, 1.54) is 12.4 Å². The largest absolute Gasteiger partial charge is 0.433 e. The van der Waals surface area contributed by atoms with Crippen LogP contribution in [0.5, 0.6) is 0 Å². The fraction of sp³-hybridized carbons (Fsp3) is 0.381. The Hall–Kier alpha value is -3.30. The molecule has 1 aliphatic rings. The zero-order valence-corrected chi connectivity index (χ0v) is 17.0. The van der Waals surface area contributed by atoms with Crippen molar-refractivity contribution in [2.75, 3.05) is 23.3 Å². The molecule has 0 spiro atoms. The summed E-state index contributed by atoms with van der Waals surface area (Å²) >= 11 is 0. The van der Waals surface area contributed by atoms with Gasteiger partial charge in [-0.2, -0.15) is 13.2 Å². The van der Waals surface area contributed by atoms with Gasteiger partial charge < -0.3 is 20.5 Å². The molecular weight excluding hydrogens is 409 g/mol. The Morgan fingerprint density at radius 2 is 2.00 bits per heavy atom. The van der Waals surface area contributed by atoms with Gasteiger partial charge in [0.15, 0.2) is 0 Å². The van der Waals surface area contributed by atoms with Crippen molar-refractivity contribution in [3.05, 3.63) is 47.9 Å². The molecule has 3 heterocycles. The van der Waals surface area contributed by atoms with Crippen molar-refractivity contribution in [3.8, 4) is 0 Å². The van der Waals surface area contributed by atoms with Crippen LogP contribution in [0.1, 0.15) is 31.0 Å². The Balaban J connectivity index is 1.50. The van der Waals surface area contributed by atoms with Crippen LogP contribution in [0.2, 0.25) is 0 Å². The van der Waals surface area contributed by atoms with E-state index in [1.54, 1.807) is 12.1 Å². The zero-order valence-electron chi connectivity index (χ0n) is 17.0. The topological polar surface area (TPSA) is 85.9 Å². The molecule has 4 rings (SSSR count). The van der Waals surface area contributed by atoms with Gasteiger partial charge in [-0.05, 0) is 37.0 Å². The number of carbonyl (C=O) groups is 1. The fourth-order valence-electron chi connectivity index (χ4n) is 3.68. The number of carbonyl (C=O) groups excluding carboxylic acids is 1. The van der Waals surface area contributed by atoms with E-state index < -0.39 is 17.9 Å². The van der Waals surface area contributed by atoms with E-state index in [9.17, 15) is 18.0 Å². The number of hydrogen-bond acceptors (Lipinski definition) is 4. The second kappa shape index (κ2) is 8.44. The number of para-hydroxylation sites is 1. The van der Waals surface area contributed by atoms with Crippen LogP contribution < -0.4 is 15.5 Å². The number of imidazole rings is 1. The van der Waals surface area contributed by atoms with Crippen molar-refractivity contribution in [1.82, 2.24) is 20.3 Å². The number of urea groups is 1. The first kappa shape index (κ1) is 21.0. The number of halogens is 3. The molecular formula is C21H23F3N6O. The highest BCUT2D eigenvalue weighted by Crippen LogP contribution is 2.32. The minimum absolute atomic E-state index is 0.0505. The molecule has 0 saturated carbocycles. The van der Waals surface area contributed by atoms with E-state index >= 15 is 0 Å². The van der Waals surface area contributed by atoms with Crippen LogP contribution in [-0.4, -0.2) is 34.1 Å². The van der Waals surface area contributed by atoms with Gasteiger partial charge in [-0.25, -0.2) is 14.8 Å². The van der Waals surface area contributed by atoms with Gasteiger partial charge in [0, 0.05) is 25.2 Å². The van der Waals surface area contributed by atoms with Crippen molar-refractivity contribution in [2.45, 2.75) is 32.5 Å². The average molecular weight is 432 g/mol. The Bertz CT molecular complexity index is 1070. The number of rotatable bonds is 4. The van der Waals surface area contributed by atoms with E-state index in [-0.39, 0.29) is 12.4 Å². The van der Waals surface area contributed by atoms with Crippen LogP contribution in [0.25, 0.3) is 11.0 Å². The number of amides is 2. The number of pyridine rings is 1. The summed E-state index contributed by atoms with van der Waals surface area (Å²) in [5.74, 6) is 0.801. The first-order chi connectivity index (χ1) is 14.8. The maximum Gasteiger partial charge on any atom is 0.433 e. The van der Waals surface area contributed by atoms with Crippen LogP contribution in [0, 0.1) is 5.92 Å².